The Balaban J connectivity index is 3.08. The molecule has 3 nitrogen and oxygen atoms in total. The third-order valence-corrected chi connectivity index (χ3v) is 2.66. The number of esters is 1. The second-order valence-electron chi connectivity index (χ2n) is 2.95. The molecule has 1 aromatic carbocycles. The standard InChI is InChI=1S/C11H10BrNO2/c1-15-11(14)5-8-3-2-4-9(6-12)10(8)7-13/h2-4H,5-6H2,1H3. The van der Waals surface area contributed by atoms with Crippen molar-refractivity contribution in [3.63, 3.8) is 0 Å². The van der Waals surface area contributed by atoms with Crippen molar-refractivity contribution in [2.45, 2.75) is 11.8 Å². The van der Waals surface area contributed by atoms with Crippen molar-refractivity contribution in [3.05, 3.63) is 34.9 Å². The number of carbonyl (C=O) groups is 1. The molecule has 0 N–H and O–H groups in total. The summed E-state index contributed by atoms with van der Waals surface area (Å²) in [7, 11) is 1.34. The first kappa shape index (κ1) is 11.7. The van der Waals surface area contributed by atoms with E-state index in [0.29, 0.717) is 16.5 Å². The first-order valence-electron chi connectivity index (χ1n) is 4.36. The quantitative estimate of drug-likeness (QED) is 0.623. The fourth-order valence-electron chi connectivity index (χ4n) is 1.28. The molecule has 15 heavy (non-hydrogen) atoms. The summed E-state index contributed by atoms with van der Waals surface area (Å²) in [6.45, 7) is 0. The summed E-state index contributed by atoms with van der Waals surface area (Å²) >= 11 is 3.30. The third kappa shape index (κ3) is 2.80. The number of alkyl halides is 1. The van der Waals surface area contributed by atoms with Gasteiger partial charge >= 0.3 is 5.97 Å². The summed E-state index contributed by atoms with van der Waals surface area (Å²) in [4.78, 5) is 11.1. The van der Waals surface area contributed by atoms with Crippen LogP contribution in [0.3, 0.4) is 0 Å². The Bertz CT molecular complexity index is 410. The maximum absolute atomic E-state index is 11.1. The minimum Gasteiger partial charge on any atom is -0.469 e. The molecule has 1 rings (SSSR count). The van der Waals surface area contributed by atoms with Crippen LogP contribution in [0.15, 0.2) is 18.2 Å². The van der Waals surface area contributed by atoms with Crippen LogP contribution in [0, 0.1) is 11.3 Å². The number of benzene rings is 1. The zero-order valence-corrected chi connectivity index (χ0v) is 9.87. The summed E-state index contributed by atoms with van der Waals surface area (Å²) in [5.74, 6) is -0.335. The molecule has 0 fully saturated rings. The van der Waals surface area contributed by atoms with Gasteiger partial charge in [-0.2, -0.15) is 5.26 Å². The van der Waals surface area contributed by atoms with Gasteiger partial charge in [0.25, 0.3) is 0 Å². The molecule has 0 spiro atoms. The monoisotopic (exact) mass is 267 g/mol. The predicted octanol–water partition coefficient (Wildman–Crippen LogP) is 2.17. The Morgan fingerprint density at radius 3 is 2.73 bits per heavy atom. The summed E-state index contributed by atoms with van der Waals surface area (Å²) < 4.78 is 4.57. The lowest BCUT2D eigenvalue weighted by atomic mass is 10.0. The minimum absolute atomic E-state index is 0.139. The average Bonchev–Trinajstić information content (AvgIpc) is 2.28. The van der Waals surface area contributed by atoms with Gasteiger partial charge in [0.05, 0.1) is 25.2 Å². The van der Waals surface area contributed by atoms with Gasteiger partial charge in [-0.1, -0.05) is 34.1 Å². The van der Waals surface area contributed by atoms with Crippen molar-refractivity contribution >= 4 is 21.9 Å². The zero-order valence-electron chi connectivity index (χ0n) is 8.29. The molecule has 0 amide bonds. The maximum atomic E-state index is 11.1. The number of halogens is 1. The highest BCUT2D eigenvalue weighted by Gasteiger charge is 2.10. The Morgan fingerprint density at radius 1 is 1.53 bits per heavy atom. The van der Waals surface area contributed by atoms with E-state index < -0.39 is 0 Å². The largest absolute Gasteiger partial charge is 0.469 e. The summed E-state index contributed by atoms with van der Waals surface area (Å²) in [6, 6.07) is 7.56. The normalized spacial score (nSPS) is 9.40. The van der Waals surface area contributed by atoms with Crippen LogP contribution in [0.2, 0.25) is 0 Å². The molecular weight excluding hydrogens is 258 g/mol. The van der Waals surface area contributed by atoms with Crippen LogP contribution in [-0.4, -0.2) is 13.1 Å². The number of ether oxygens (including phenoxy) is 1. The van der Waals surface area contributed by atoms with Gasteiger partial charge in [-0.15, -0.1) is 0 Å². The third-order valence-electron chi connectivity index (χ3n) is 2.06. The number of nitriles is 1. The SMILES string of the molecule is COC(=O)Cc1cccc(CBr)c1C#N. The van der Waals surface area contributed by atoms with E-state index in [1.807, 2.05) is 12.1 Å². The van der Waals surface area contributed by atoms with E-state index in [2.05, 4.69) is 26.7 Å². The molecule has 0 saturated carbocycles. The highest BCUT2D eigenvalue weighted by molar-refractivity contribution is 9.08. The molecule has 4 heteroatoms. The van der Waals surface area contributed by atoms with Gasteiger partial charge in [0.2, 0.25) is 0 Å². The molecule has 1 aromatic rings. The molecule has 0 unspecified atom stereocenters. The number of methoxy groups -OCH3 is 1. The van der Waals surface area contributed by atoms with Gasteiger partial charge in [0.1, 0.15) is 0 Å². The van der Waals surface area contributed by atoms with E-state index in [9.17, 15) is 4.79 Å². The first-order valence-corrected chi connectivity index (χ1v) is 5.48. The number of carbonyl (C=O) groups excluding carboxylic acids is 1. The van der Waals surface area contributed by atoms with E-state index >= 15 is 0 Å². The summed E-state index contributed by atoms with van der Waals surface area (Å²) in [5, 5.41) is 9.60. The number of nitrogens with zero attached hydrogens (tertiary/aromatic N) is 1. The summed E-state index contributed by atoms with van der Waals surface area (Å²) in [5.41, 5.74) is 2.15. The van der Waals surface area contributed by atoms with E-state index in [-0.39, 0.29) is 12.4 Å². The highest BCUT2D eigenvalue weighted by Crippen LogP contribution is 2.17. The number of hydrogen-bond donors (Lipinski definition) is 0. The minimum atomic E-state index is -0.335. The average molecular weight is 268 g/mol. The van der Waals surface area contributed by atoms with Crippen LogP contribution >= 0.6 is 15.9 Å². The maximum Gasteiger partial charge on any atom is 0.310 e. The molecule has 78 valence electrons. The molecule has 0 saturated heterocycles. The second kappa shape index (κ2) is 5.52. The van der Waals surface area contributed by atoms with Gasteiger partial charge in [-0.25, -0.2) is 0 Å². The van der Waals surface area contributed by atoms with Crippen molar-refractivity contribution in [1.82, 2.24) is 0 Å². The topological polar surface area (TPSA) is 50.1 Å². The first-order chi connectivity index (χ1) is 7.22. The molecule has 0 heterocycles. The van der Waals surface area contributed by atoms with Gasteiger partial charge in [0, 0.05) is 5.33 Å². The second-order valence-corrected chi connectivity index (χ2v) is 3.51. The fourth-order valence-corrected chi connectivity index (χ4v) is 1.75. The fraction of sp³-hybridized carbons (Fsp3) is 0.273. The van der Waals surface area contributed by atoms with Gasteiger partial charge in [-0.05, 0) is 11.1 Å². The lowest BCUT2D eigenvalue weighted by Crippen LogP contribution is -2.06. The molecule has 0 atom stereocenters. The van der Waals surface area contributed by atoms with E-state index in [0.717, 1.165) is 5.56 Å². The van der Waals surface area contributed by atoms with E-state index in [1.165, 1.54) is 7.11 Å². The van der Waals surface area contributed by atoms with Crippen molar-refractivity contribution < 1.29 is 9.53 Å². The smallest absolute Gasteiger partial charge is 0.310 e. The van der Waals surface area contributed by atoms with Gasteiger partial charge < -0.3 is 4.74 Å². The van der Waals surface area contributed by atoms with E-state index in [4.69, 9.17) is 5.26 Å². The Hall–Kier alpha value is -1.34. The van der Waals surface area contributed by atoms with Crippen LogP contribution < -0.4 is 0 Å². The zero-order chi connectivity index (χ0) is 11.3. The molecule has 0 radical (unpaired) electrons. The molecule has 0 bridgehead atoms. The number of hydrogen-bond acceptors (Lipinski definition) is 3. The Labute approximate surface area is 96.8 Å². The van der Waals surface area contributed by atoms with Crippen LogP contribution in [0.25, 0.3) is 0 Å². The summed E-state index contributed by atoms with van der Waals surface area (Å²) in [6.07, 6.45) is 0.139. The molecule has 0 aliphatic rings. The highest BCUT2D eigenvalue weighted by atomic mass is 79.9. The van der Waals surface area contributed by atoms with Crippen molar-refractivity contribution in [1.29, 1.82) is 5.26 Å². The van der Waals surface area contributed by atoms with Crippen molar-refractivity contribution in [2.75, 3.05) is 7.11 Å². The van der Waals surface area contributed by atoms with Crippen molar-refractivity contribution in [3.8, 4) is 6.07 Å². The molecule has 0 aliphatic carbocycles. The Kier molecular flexibility index (Phi) is 4.32. The Morgan fingerprint density at radius 2 is 2.20 bits per heavy atom. The molecular formula is C11H10BrNO2. The number of rotatable bonds is 3. The molecule has 0 aliphatic heterocycles. The van der Waals surface area contributed by atoms with Gasteiger partial charge in [0.15, 0.2) is 0 Å². The van der Waals surface area contributed by atoms with Crippen LogP contribution in [-0.2, 0) is 21.3 Å². The molecule has 0 aromatic heterocycles. The predicted molar refractivity (Wildman–Crippen MR) is 59.5 cm³/mol. The van der Waals surface area contributed by atoms with E-state index in [1.54, 1.807) is 6.07 Å². The van der Waals surface area contributed by atoms with Crippen LogP contribution in [0.4, 0.5) is 0 Å². The lowest BCUT2D eigenvalue weighted by Gasteiger charge is -2.06. The van der Waals surface area contributed by atoms with Gasteiger partial charge in [-0.3, -0.25) is 4.79 Å². The lowest BCUT2D eigenvalue weighted by molar-refractivity contribution is -0.139. The van der Waals surface area contributed by atoms with Crippen LogP contribution in [0.5, 0.6) is 0 Å². The van der Waals surface area contributed by atoms with Crippen molar-refractivity contribution in [2.24, 2.45) is 0 Å². The van der Waals surface area contributed by atoms with Crippen LogP contribution in [0.1, 0.15) is 16.7 Å².